The van der Waals surface area contributed by atoms with Gasteiger partial charge >= 0.3 is 0 Å². The van der Waals surface area contributed by atoms with Crippen LogP contribution in [-0.4, -0.2) is 13.0 Å². The molecular formula is C18H17NO3S3. The van der Waals surface area contributed by atoms with Gasteiger partial charge in [0.25, 0.3) is 0 Å². The molecule has 0 aliphatic heterocycles. The highest BCUT2D eigenvalue weighted by molar-refractivity contribution is 7.85. The first-order valence-corrected chi connectivity index (χ1v) is 10.7. The van der Waals surface area contributed by atoms with Gasteiger partial charge in [0.2, 0.25) is 10.5 Å². The SMILES string of the molecule is Cc1ccc(S(=O)(=O)[O-])cc1.Cc1sc2ccc3sccc3c2[n+]1C. The van der Waals surface area contributed by atoms with E-state index in [0.717, 1.165) is 5.56 Å². The molecule has 0 radical (unpaired) electrons. The van der Waals surface area contributed by atoms with Gasteiger partial charge in [0.15, 0.2) is 0 Å². The maximum absolute atomic E-state index is 10.4. The number of benzene rings is 2. The molecule has 0 aliphatic carbocycles. The Morgan fingerprint density at radius 3 is 2.24 bits per heavy atom. The van der Waals surface area contributed by atoms with E-state index in [2.05, 4.69) is 42.1 Å². The summed E-state index contributed by atoms with van der Waals surface area (Å²) in [6.45, 7) is 3.99. The number of hydrogen-bond donors (Lipinski definition) is 0. The minimum Gasteiger partial charge on any atom is -0.744 e. The number of hydrogen-bond acceptors (Lipinski definition) is 5. The summed E-state index contributed by atoms with van der Waals surface area (Å²) in [6.07, 6.45) is 0. The predicted molar refractivity (Wildman–Crippen MR) is 102 cm³/mol. The molecule has 0 N–H and O–H groups in total. The second-order valence-corrected chi connectivity index (χ2v) is 9.25. The Kier molecular flexibility index (Phi) is 4.92. The molecule has 4 rings (SSSR count). The van der Waals surface area contributed by atoms with Gasteiger partial charge in [0.05, 0.1) is 10.3 Å². The highest BCUT2D eigenvalue weighted by atomic mass is 32.2. The predicted octanol–water partition coefficient (Wildman–Crippen LogP) is 4.15. The van der Waals surface area contributed by atoms with Crippen molar-refractivity contribution in [1.29, 1.82) is 0 Å². The zero-order valence-corrected chi connectivity index (χ0v) is 16.5. The summed E-state index contributed by atoms with van der Waals surface area (Å²) in [5.41, 5.74) is 2.31. The van der Waals surface area contributed by atoms with Crippen molar-refractivity contribution in [3.8, 4) is 0 Å². The van der Waals surface area contributed by atoms with Crippen molar-refractivity contribution >= 4 is 53.1 Å². The lowest BCUT2D eigenvalue weighted by Gasteiger charge is -2.05. The van der Waals surface area contributed by atoms with Crippen LogP contribution in [0.4, 0.5) is 0 Å². The fourth-order valence-electron chi connectivity index (χ4n) is 2.53. The lowest BCUT2D eigenvalue weighted by atomic mass is 10.2. The zero-order valence-electron chi connectivity index (χ0n) is 14.0. The van der Waals surface area contributed by atoms with Crippen LogP contribution in [0.5, 0.6) is 0 Å². The van der Waals surface area contributed by atoms with Crippen LogP contribution in [0.25, 0.3) is 20.3 Å². The third kappa shape index (κ3) is 3.74. The van der Waals surface area contributed by atoms with Crippen LogP contribution in [0, 0.1) is 13.8 Å². The Morgan fingerprint density at radius 1 is 0.960 bits per heavy atom. The van der Waals surface area contributed by atoms with Crippen molar-refractivity contribution in [3.05, 3.63) is 58.4 Å². The van der Waals surface area contributed by atoms with Crippen LogP contribution in [-0.2, 0) is 17.2 Å². The Hall–Kier alpha value is -1.80. The number of aromatic nitrogens is 1. The molecule has 0 saturated heterocycles. The average Bonchev–Trinajstić information content (AvgIpc) is 3.12. The molecule has 0 atom stereocenters. The summed E-state index contributed by atoms with van der Waals surface area (Å²) in [5.74, 6) is 0. The first kappa shape index (κ1) is 18.0. The second kappa shape index (κ2) is 6.84. The fraction of sp³-hybridized carbons (Fsp3) is 0.167. The summed E-state index contributed by atoms with van der Waals surface area (Å²) < 4.78 is 36.2. The van der Waals surface area contributed by atoms with Crippen LogP contribution in [0.1, 0.15) is 10.6 Å². The number of fused-ring (bicyclic) bond motifs is 3. The lowest BCUT2D eigenvalue weighted by Crippen LogP contribution is -2.28. The maximum atomic E-state index is 10.4. The van der Waals surface area contributed by atoms with Crippen molar-refractivity contribution in [2.45, 2.75) is 18.7 Å². The van der Waals surface area contributed by atoms with Crippen LogP contribution >= 0.6 is 22.7 Å². The van der Waals surface area contributed by atoms with E-state index in [1.807, 2.05) is 29.6 Å². The molecule has 0 spiro atoms. The maximum Gasteiger partial charge on any atom is 0.234 e. The first-order chi connectivity index (χ1) is 11.8. The van der Waals surface area contributed by atoms with Gasteiger partial charge in [0, 0.05) is 11.6 Å². The van der Waals surface area contributed by atoms with E-state index in [0.29, 0.717) is 0 Å². The van der Waals surface area contributed by atoms with Crippen molar-refractivity contribution in [3.63, 3.8) is 0 Å². The number of rotatable bonds is 1. The molecule has 4 nitrogen and oxygen atoms in total. The van der Waals surface area contributed by atoms with E-state index in [1.54, 1.807) is 12.1 Å². The Balaban J connectivity index is 0.000000151. The normalized spacial score (nSPS) is 11.5. The molecule has 2 heterocycles. The molecule has 0 amide bonds. The van der Waals surface area contributed by atoms with E-state index >= 15 is 0 Å². The molecule has 25 heavy (non-hydrogen) atoms. The summed E-state index contributed by atoms with van der Waals surface area (Å²) in [7, 11) is -2.13. The molecule has 2 aromatic carbocycles. The van der Waals surface area contributed by atoms with Gasteiger partial charge in [-0.2, -0.15) is 4.57 Å². The van der Waals surface area contributed by atoms with Gasteiger partial charge in [-0.1, -0.05) is 29.0 Å². The molecule has 2 aromatic heterocycles. The van der Waals surface area contributed by atoms with Crippen molar-refractivity contribution in [1.82, 2.24) is 0 Å². The quantitative estimate of drug-likeness (QED) is 0.362. The van der Waals surface area contributed by atoms with Crippen molar-refractivity contribution in [2.24, 2.45) is 7.05 Å². The summed E-state index contributed by atoms with van der Waals surface area (Å²) in [5, 5.41) is 4.91. The molecular weight excluding hydrogens is 374 g/mol. The number of nitrogens with zero attached hydrogens (tertiary/aromatic N) is 1. The Bertz CT molecular complexity index is 1140. The topological polar surface area (TPSA) is 61.1 Å². The van der Waals surface area contributed by atoms with Crippen LogP contribution in [0.15, 0.2) is 52.7 Å². The molecule has 130 valence electrons. The summed E-state index contributed by atoms with van der Waals surface area (Å²) in [6, 6.07) is 12.4. The highest BCUT2D eigenvalue weighted by Gasteiger charge is 2.16. The Morgan fingerprint density at radius 2 is 1.60 bits per heavy atom. The van der Waals surface area contributed by atoms with Crippen molar-refractivity contribution < 1.29 is 17.5 Å². The van der Waals surface area contributed by atoms with E-state index in [-0.39, 0.29) is 4.90 Å². The van der Waals surface area contributed by atoms with E-state index < -0.39 is 10.1 Å². The third-order valence-corrected chi connectivity index (χ3v) is 6.80. The van der Waals surface area contributed by atoms with Gasteiger partial charge in [-0.25, -0.2) is 8.42 Å². The van der Waals surface area contributed by atoms with E-state index in [9.17, 15) is 13.0 Å². The summed E-state index contributed by atoms with van der Waals surface area (Å²) >= 11 is 3.68. The van der Waals surface area contributed by atoms with Crippen LogP contribution in [0.2, 0.25) is 0 Å². The molecule has 4 aromatic rings. The monoisotopic (exact) mass is 391 g/mol. The molecule has 7 heteroatoms. The van der Waals surface area contributed by atoms with E-state index in [1.165, 1.54) is 37.4 Å². The summed E-state index contributed by atoms with van der Waals surface area (Å²) in [4.78, 5) is -0.178. The van der Waals surface area contributed by atoms with Crippen LogP contribution in [0.3, 0.4) is 0 Å². The van der Waals surface area contributed by atoms with Gasteiger partial charge in [0.1, 0.15) is 21.9 Å². The highest BCUT2D eigenvalue weighted by Crippen LogP contribution is 2.30. The van der Waals surface area contributed by atoms with Gasteiger partial charge in [-0.3, -0.25) is 0 Å². The molecule has 0 unspecified atom stereocenters. The minimum absolute atomic E-state index is 0.178. The fourth-order valence-corrected chi connectivity index (χ4v) is 4.81. The second-order valence-electron chi connectivity index (χ2n) is 5.69. The molecule has 0 saturated carbocycles. The van der Waals surface area contributed by atoms with Crippen LogP contribution < -0.4 is 4.57 Å². The first-order valence-electron chi connectivity index (χ1n) is 7.55. The zero-order chi connectivity index (χ0) is 18.2. The average molecular weight is 392 g/mol. The van der Waals surface area contributed by atoms with Gasteiger partial charge in [-0.15, -0.1) is 11.3 Å². The number of aryl methyl sites for hydroxylation is 3. The lowest BCUT2D eigenvalue weighted by molar-refractivity contribution is -0.645. The Labute approximate surface area is 154 Å². The third-order valence-electron chi connectivity index (χ3n) is 3.94. The molecule has 0 aliphatic rings. The number of thiophene rings is 1. The minimum atomic E-state index is -4.27. The molecule has 0 fully saturated rings. The largest absolute Gasteiger partial charge is 0.744 e. The van der Waals surface area contributed by atoms with Crippen molar-refractivity contribution in [2.75, 3.05) is 0 Å². The van der Waals surface area contributed by atoms with Gasteiger partial charge < -0.3 is 4.55 Å². The van der Waals surface area contributed by atoms with E-state index in [4.69, 9.17) is 0 Å². The standard InChI is InChI=1S/C11H10NS2.C7H8O3S/c1-7-12(2)11-8-5-6-13-9(8)3-4-10(11)14-7;1-6-2-4-7(5-3-6)11(8,9)10/h3-6H,1-2H3;2-5H,1H3,(H,8,9,10)/q+1;/p-1. The number of thiazole rings is 1. The molecule has 0 bridgehead atoms. The smallest absolute Gasteiger partial charge is 0.234 e. The van der Waals surface area contributed by atoms with Gasteiger partial charge in [-0.05, 0) is 42.6 Å².